The lowest BCUT2D eigenvalue weighted by molar-refractivity contribution is -0.113. The van der Waals surface area contributed by atoms with Crippen molar-refractivity contribution in [3.05, 3.63) is 18.5 Å². The molecule has 0 spiro atoms. The molecule has 124 valence electrons. The van der Waals surface area contributed by atoms with Crippen LogP contribution in [-0.2, 0) is 4.74 Å². The summed E-state index contributed by atoms with van der Waals surface area (Å²) in [4.78, 5) is 15.3. The number of nitrogens with two attached hydrogens (primary N) is 1. The number of anilines is 2. The molecule has 1 fully saturated rings. The fourth-order valence-corrected chi connectivity index (χ4v) is 4.15. The Morgan fingerprint density at radius 1 is 1.30 bits per heavy atom. The van der Waals surface area contributed by atoms with Gasteiger partial charge in [-0.2, -0.15) is 0 Å². The van der Waals surface area contributed by atoms with Gasteiger partial charge in [-0.05, 0) is 31.4 Å². The topological polar surface area (TPSA) is 77.2 Å². The average Bonchev–Trinajstić information content (AvgIpc) is 2.54. The van der Waals surface area contributed by atoms with Gasteiger partial charge in [-0.25, -0.2) is 15.0 Å². The van der Waals surface area contributed by atoms with Crippen LogP contribution in [0.1, 0.15) is 33.1 Å². The molecule has 2 atom stereocenters. The summed E-state index contributed by atoms with van der Waals surface area (Å²) in [5, 5.41) is 0.936. The van der Waals surface area contributed by atoms with Crippen LogP contribution in [0.2, 0.25) is 0 Å². The summed E-state index contributed by atoms with van der Waals surface area (Å²) in [5.41, 5.74) is 6.58. The summed E-state index contributed by atoms with van der Waals surface area (Å²) < 4.78 is 5.72. The van der Waals surface area contributed by atoms with E-state index in [2.05, 4.69) is 40.7 Å². The molecular weight excluding hydrogens is 290 g/mol. The largest absolute Gasteiger partial charge is 0.384 e. The first-order valence-electron chi connectivity index (χ1n) is 8.20. The van der Waals surface area contributed by atoms with Crippen molar-refractivity contribution in [3.8, 4) is 0 Å². The Bertz CT molecular complexity index is 700. The molecule has 6 heteroatoms. The van der Waals surface area contributed by atoms with Crippen LogP contribution in [0.4, 0.5) is 11.6 Å². The first kappa shape index (κ1) is 15.9. The van der Waals surface area contributed by atoms with Crippen LogP contribution in [0.3, 0.4) is 0 Å². The number of hydrogen-bond donors (Lipinski definition) is 1. The number of fused-ring (bicyclic) bond motifs is 1. The highest BCUT2D eigenvalue weighted by Gasteiger charge is 2.55. The highest BCUT2D eigenvalue weighted by Crippen LogP contribution is 2.51. The molecule has 2 aromatic heterocycles. The Balaban J connectivity index is 1.99. The van der Waals surface area contributed by atoms with E-state index < -0.39 is 0 Å². The SMILES string of the molecule is CCC1(CC)[C@@H](OC)C[C@H]1N(C)c1ncnc2nc(N)ccc12. The fraction of sp³-hybridized carbons (Fsp3) is 0.588. The van der Waals surface area contributed by atoms with E-state index in [1.807, 2.05) is 13.2 Å². The van der Waals surface area contributed by atoms with Crippen LogP contribution in [0.25, 0.3) is 11.0 Å². The van der Waals surface area contributed by atoms with Crippen molar-refractivity contribution in [2.24, 2.45) is 5.41 Å². The summed E-state index contributed by atoms with van der Waals surface area (Å²) >= 11 is 0. The molecule has 1 saturated carbocycles. The van der Waals surface area contributed by atoms with Gasteiger partial charge in [-0.3, -0.25) is 0 Å². The molecule has 3 rings (SSSR count). The van der Waals surface area contributed by atoms with Crippen molar-refractivity contribution in [1.82, 2.24) is 15.0 Å². The molecule has 6 nitrogen and oxygen atoms in total. The van der Waals surface area contributed by atoms with Crippen LogP contribution in [0.15, 0.2) is 18.5 Å². The maximum Gasteiger partial charge on any atom is 0.166 e. The maximum atomic E-state index is 5.77. The Morgan fingerprint density at radius 2 is 2.04 bits per heavy atom. The molecule has 23 heavy (non-hydrogen) atoms. The molecule has 0 aromatic carbocycles. The number of ether oxygens (including phenoxy) is 1. The third kappa shape index (κ3) is 2.32. The predicted molar refractivity (Wildman–Crippen MR) is 92.4 cm³/mol. The lowest BCUT2D eigenvalue weighted by Gasteiger charge is -2.58. The number of pyridine rings is 1. The number of methoxy groups -OCH3 is 1. The molecule has 1 aliphatic rings. The lowest BCUT2D eigenvalue weighted by atomic mass is 9.58. The van der Waals surface area contributed by atoms with Crippen LogP contribution >= 0.6 is 0 Å². The second-order valence-electron chi connectivity index (χ2n) is 6.33. The summed E-state index contributed by atoms with van der Waals surface area (Å²) in [6, 6.07) is 4.16. The molecule has 1 aliphatic carbocycles. The van der Waals surface area contributed by atoms with Gasteiger partial charge in [0.1, 0.15) is 18.0 Å². The van der Waals surface area contributed by atoms with Gasteiger partial charge in [0.25, 0.3) is 0 Å². The molecule has 0 amide bonds. The highest BCUT2D eigenvalue weighted by molar-refractivity contribution is 5.87. The van der Waals surface area contributed by atoms with Crippen LogP contribution < -0.4 is 10.6 Å². The Labute approximate surface area is 137 Å². The van der Waals surface area contributed by atoms with Crippen molar-refractivity contribution < 1.29 is 4.74 Å². The van der Waals surface area contributed by atoms with Gasteiger partial charge in [0.05, 0.1) is 11.5 Å². The van der Waals surface area contributed by atoms with Crippen LogP contribution in [0.5, 0.6) is 0 Å². The van der Waals surface area contributed by atoms with Gasteiger partial charge in [-0.1, -0.05) is 13.8 Å². The zero-order valence-electron chi connectivity index (χ0n) is 14.3. The van der Waals surface area contributed by atoms with E-state index in [0.717, 1.165) is 30.5 Å². The standard InChI is InChI=1S/C17H25N5O/c1-5-17(6-2)12(9-13(17)23-4)22(3)16-11-7-8-14(18)21-15(11)19-10-20-16/h7-8,10,12-13H,5-6,9H2,1-4H3,(H2,18,19,20,21)/t12-,13+/m1/s1. The molecule has 0 unspecified atom stereocenters. The first-order chi connectivity index (χ1) is 11.1. The third-order valence-corrected chi connectivity index (χ3v) is 5.64. The molecule has 2 heterocycles. The van der Waals surface area contributed by atoms with Crippen molar-refractivity contribution >= 4 is 22.7 Å². The average molecular weight is 315 g/mol. The number of rotatable bonds is 5. The van der Waals surface area contributed by atoms with E-state index in [-0.39, 0.29) is 5.41 Å². The molecule has 2 aromatic rings. The summed E-state index contributed by atoms with van der Waals surface area (Å²) in [6.45, 7) is 4.49. The van der Waals surface area contributed by atoms with E-state index in [1.54, 1.807) is 12.4 Å². The van der Waals surface area contributed by atoms with Crippen molar-refractivity contribution in [1.29, 1.82) is 0 Å². The molecule has 0 bridgehead atoms. The van der Waals surface area contributed by atoms with E-state index >= 15 is 0 Å². The molecule has 0 radical (unpaired) electrons. The predicted octanol–water partition coefficient (Wildman–Crippen LogP) is 2.64. The minimum absolute atomic E-state index is 0.169. The normalized spacial score (nSPS) is 22.8. The fourth-order valence-electron chi connectivity index (χ4n) is 4.15. The van der Waals surface area contributed by atoms with E-state index in [4.69, 9.17) is 10.5 Å². The van der Waals surface area contributed by atoms with Crippen molar-refractivity contribution in [3.63, 3.8) is 0 Å². The number of aromatic nitrogens is 3. The zero-order valence-corrected chi connectivity index (χ0v) is 14.3. The van der Waals surface area contributed by atoms with E-state index in [9.17, 15) is 0 Å². The smallest absolute Gasteiger partial charge is 0.166 e. The van der Waals surface area contributed by atoms with Gasteiger partial charge < -0.3 is 15.4 Å². The van der Waals surface area contributed by atoms with Gasteiger partial charge in [-0.15, -0.1) is 0 Å². The van der Waals surface area contributed by atoms with Crippen LogP contribution in [0, 0.1) is 5.41 Å². The van der Waals surface area contributed by atoms with Crippen molar-refractivity contribution in [2.75, 3.05) is 24.8 Å². The second-order valence-corrected chi connectivity index (χ2v) is 6.33. The first-order valence-corrected chi connectivity index (χ1v) is 8.20. The number of nitrogens with zero attached hydrogens (tertiary/aromatic N) is 4. The Kier molecular flexibility index (Phi) is 4.10. The summed E-state index contributed by atoms with van der Waals surface area (Å²) in [7, 11) is 3.92. The third-order valence-electron chi connectivity index (χ3n) is 5.64. The van der Waals surface area contributed by atoms with Gasteiger partial charge in [0.2, 0.25) is 0 Å². The van der Waals surface area contributed by atoms with Crippen molar-refractivity contribution in [2.45, 2.75) is 45.3 Å². The van der Waals surface area contributed by atoms with Gasteiger partial charge in [0, 0.05) is 25.6 Å². The molecule has 0 aliphatic heterocycles. The number of nitrogen functional groups attached to an aromatic ring is 1. The van der Waals surface area contributed by atoms with Crippen LogP contribution in [-0.4, -0.2) is 41.3 Å². The monoisotopic (exact) mass is 315 g/mol. The summed E-state index contributed by atoms with van der Waals surface area (Å²) in [6.07, 6.45) is 5.07. The molecular formula is C17H25N5O. The maximum absolute atomic E-state index is 5.77. The summed E-state index contributed by atoms with van der Waals surface area (Å²) in [5.74, 6) is 1.39. The van der Waals surface area contributed by atoms with E-state index in [1.165, 1.54) is 0 Å². The molecule has 2 N–H and O–H groups in total. The second kappa shape index (κ2) is 5.92. The van der Waals surface area contributed by atoms with Gasteiger partial charge in [0.15, 0.2) is 5.65 Å². The van der Waals surface area contributed by atoms with E-state index in [0.29, 0.717) is 23.6 Å². The van der Waals surface area contributed by atoms with Gasteiger partial charge >= 0.3 is 0 Å². The zero-order chi connectivity index (χ0) is 16.6. The molecule has 0 saturated heterocycles. The Hall–Kier alpha value is -1.95. The highest BCUT2D eigenvalue weighted by atomic mass is 16.5. The quantitative estimate of drug-likeness (QED) is 0.914. The minimum atomic E-state index is 0.169. The number of hydrogen-bond acceptors (Lipinski definition) is 6. The Morgan fingerprint density at radius 3 is 2.70 bits per heavy atom. The lowest BCUT2D eigenvalue weighted by Crippen LogP contribution is -2.63. The minimum Gasteiger partial charge on any atom is -0.384 e.